The molecule has 3 heteroatoms. The van der Waals surface area contributed by atoms with E-state index in [-0.39, 0.29) is 5.97 Å². The zero-order valence-electron chi connectivity index (χ0n) is 12.8. The fourth-order valence-corrected chi connectivity index (χ4v) is 2.75. The molecule has 0 unspecified atom stereocenters. The van der Waals surface area contributed by atoms with Crippen molar-refractivity contribution in [1.29, 1.82) is 0 Å². The van der Waals surface area contributed by atoms with Crippen LogP contribution in [0.15, 0.2) is 42.5 Å². The molecule has 0 aromatic heterocycles. The van der Waals surface area contributed by atoms with Gasteiger partial charge in [-0.25, -0.2) is 4.79 Å². The molecule has 0 radical (unpaired) electrons. The standard InChI is InChI=1S/C18H25NO2/c1-2-3-4-8-11-17(20)21-18(12-14-19-15-13-18)16-9-6-5-7-10-16/h5-11,19H,2-4,12-15H2,1H3. The number of ether oxygens (including phenoxy) is 1. The molecule has 2 rings (SSSR count). The third kappa shape index (κ3) is 4.43. The first-order chi connectivity index (χ1) is 10.3. The predicted octanol–water partition coefficient (Wildman–Crippen LogP) is 3.55. The lowest BCUT2D eigenvalue weighted by molar-refractivity contribution is -0.157. The minimum atomic E-state index is -0.474. The molecule has 1 aromatic carbocycles. The molecule has 1 aliphatic heterocycles. The summed E-state index contributed by atoms with van der Waals surface area (Å²) in [4.78, 5) is 12.1. The Bertz CT molecular complexity index is 461. The summed E-state index contributed by atoms with van der Waals surface area (Å²) < 4.78 is 5.88. The molecule has 0 amide bonds. The number of piperidine rings is 1. The van der Waals surface area contributed by atoms with E-state index in [0.29, 0.717) is 0 Å². The molecule has 1 aliphatic rings. The van der Waals surface area contributed by atoms with E-state index in [2.05, 4.69) is 24.4 Å². The Morgan fingerprint density at radius 1 is 1.29 bits per heavy atom. The van der Waals surface area contributed by atoms with Crippen molar-refractivity contribution >= 4 is 5.97 Å². The van der Waals surface area contributed by atoms with Crippen LogP contribution >= 0.6 is 0 Å². The Labute approximate surface area is 127 Å². The van der Waals surface area contributed by atoms with Crippen LogP contribution in [0.2, 0.25) is 0 Å². The van der Waals surface area contributed by atoms with Crippen molar-refractivity contribution < 1.29 is 9.53 Å². The fourth-order valence-electron chi connectivity index (χ4n) is 2.75. The second-order valence-electron chi connectivity index (χ2n) is 5.58. The van der Waals surface area contributed by atoms with E-state index in [9.17, 15) is 4.79 Å². The lowest BCUT2D eigenvalue weighted by atomic mass is 9.85. The second-order valence-corrected chi connectivity index (χ2v) is 5.58. The van der Waals surface area contributed by atoms with Crippen LogP contribution in [0.1, 0.15) is 44.6 Å². The van der Waals surface area contributed by atoms with Crippen molar-refractivity contribution in [2.75, 3.05) is 13.1 Å². The molecule has 1 aromatic rings. The largest absolute Gasteiger partial charge is 0.451 e. The third-order valence-electron chi connectivity index (χ3n) is 3.99. The molecule has 1 fully saturated rings. The minimum absolute atomic E-state index is 0.225. The molecule has 0 bridgehead atoms. The molecule has 0 aliphatic carbocycles. The second kappa shape index (κ2) is 7.99. The van der Waals surface area contributed by atoms with Crippen LogP contribution in [0, 0.1) is 0 Å². The first kappa shape index (κ1) is 15.8. The van der Waals surface area contributed by atoms with Gasteiger partial charge in [-0.05, 0) is 25.1 Å². The van der Waals surface area contributed by atoms with Crippen molar-refractivity contribution in [1.82, 2.24) is 5.32 Å². The van der Waals surface area contributed by atoms with Gasteiger partial charge in [0.25, 0.3) is 0 Å². The van der Waals surface area contributed by atoms with Gasteiger partial charge in [0.1, 0.15) is 5.60 Å². The van der Waals surface area contributed by atoms with E-state index in [1.54, 1.807) is 6.08 Å². The highest BCUT2D eigenvalue weighted by molar-refractivity contribution is 5.82. The number of esters is 1. The molecular formula is C18H25NO2. The van der Waals surface area contributed by atoms with Crippen LogP contribution in [0.3, 0.4) is 0 Å². The van der Waals surface area contributed by atoms with E-state index in [0.717, 1.165) is 50.8 Å². The van der Waals surface area contributed by atoms with Crippen LogP contribution < -0.4 is 5.32 Å². The van der Waals surface area contributed by atoms with Crippen molar-refractivity contribution in [3.63, 3.8) is 0 Å². The zero-order chi connectivity index (χ0) is 15.0. The van der Waals surface area contributed by atoms with Gasteiger partial charge in [-0.2, -0.15) is 0 Å². The van der Waals surface area contributed by atoms with E-state index >= 15 is 0 Å². The summed E-state index contributed by atoms with van der Waals surface area (Å²) in [6.07, 6.45) is 8.34. The molecule has 0 spiro atoms. The van der Waals surface area contributed by atoms with Crippen LogP contribution in [0.4, 0.5) is 0 Å². The summed E-state index contributed by atoms with van der Waals surface area (Å²) in [6, 6.07) is 10.1. The van der Waals surface area contributed by atoms with E-state index < -0.39 is 5.60 Å². The van der Waals surface area contributed by atoms with Gasteiger partial charge < -0.3 is 10.1 Å². The average Bonchev–Trinajstić information content (AvgIpc) is 2.53. The lowest BCUT2D eigenvalue weighted by Crippen LogP contribution is -2.42. The number of benzene rings is 1. The van der Waals surface area contributed by atoms with Crippen molar-refractivity contribution in [3.05, 3.63) is 48.0 Å². The molecule has 21 heavy (non-hydrogen) atoms. The molecule has 1 N–H and O–H groups in total. The molecule has 3 nitrogen and oxygen atoms in total. The predicted molar refractivity (Wildman–Crippen MR) is 85.0 cm³/mol. The Balaban J connectivity index is 2.07. The monoisotopic (exact) mass is 287 g/mol. The van der Waals surface area contributed by atoms with E-state index in [4.69, 9.17) is 4.74 Å². The quantitative estimate of drug-likeness (QED) is 0.494. The van der Waals surface area contributed by atoms with Gasteiger partial charge in [0.05, 0.1) is 0 Å². The maximum Gasteiger partial charge on any atom is 0.331 e. The van der Waals surface area contributed by atoms with Gasteiger partial charge >= 0.3 is 5.97 Å². The number of allylic oxidation sites excluding steroid dienone is 1. The molecule has 1 saturated heterocycles. The number of hydrogen-bond donors (Lipinski definition) is 1. The van der Waals surface area contributed by atoms with E-state index in [1.165, 1.54) is 0 Å². The number of carbonyl (C=O) groups is 1. The normalized spacial score (nSPS) is 17.8. The molecule has 0 saturated carbocycles. The van der Waals surface area contributed by atoms with E-state index in [1.807, 2.05) is 24.3 Å². The molecule has 114 valence electrons. The summed E-state index contributed by atoms with van der Waals surface area (Å²) in [6.45, 7) is 3.90. The maximum atomic E-state index is 12.1. The average molecular weight is 287 g/mol. The maximum absolute atomic E-state index is 12.1. The van der Waals surface area contributed by atoms with Crippen LogP contribution in [0.25, 0.3) is 0 Å². The molecular weight excluding hydrogens is 262 g/mol. The number of nitrogens with one attached hydrogen (secondary N) is 1. The van der Waals surface area contributed by atoms with Crippen LogP contribution in [0.5, 0.6) is 0 Å². The Morgan fingerprint density at radius 3 is 2.67 bits per heavy atom. The number of carbonyl (C=O) groups excluding carboxylic acids is 1. The van der Waals surface area contributed by atoms with Gasteiger partial charge in [-0.3, -0.25) is 0 Å². The molecule has 1 heterocycles. The Morgan fingerprint density at radius 2 is 2.00 bits per heavy atom. The Kier molecular flexibility index (Phi) is 6.00. The molecule has 0 atom stereocenters. The summed E-state index contributed by atoms with van der Waals surface area (Å²) in [7, 11) is 0. The smallest absolute Gasteiger partial charge is 0.331 e. The van der Waals surface area contributed by atoms with Crippen molar-refractivity contribution in [2.45, 2.75) is 44.6 Å². The lowest BCUT2D eigenvalue weighted by Gasteiger charge is -2.37. The highest BCUT2D eigenvalue weighted by Gasteiger charge is 2.37. The third-order valence-corrected chi connectivity index (χ3v) is 3.99. The van der Waals surface area contributed by atoms with Crippen molar-refractivity contribution in [3.8, 4) is 0 Å². The SMILES string of the molecule is CCCCC=CC(=O)OC1(c2ccccc2)CCNCC1. The van der Waals surface area contributed by atoms with Gasteiger partial charge in [-0.1, -0.05) is 56.2 Å². The highest BCUT2D eigenvalue weighted by Crippen LogP contribution is 2.34. The van der Waals surface area contributed by atoms with Crippen LogP contribution in [-0.2, 0) is 15.1 Å². The summed E-state index contributed by atoms with van der Waals surface area (Å²) in [5.41, 5.74) is 0.625. The van der Waals surface area contributed by atoms with Crippen LogP contribution in [-0.4, -0.2) is 19.1 Å². The number of hydrogen-bond acceptors (Lipinski definition) is 3. The summed E-state index contributed by atoms with van der Waals surface area (Å²) in [5.74, 6) is -0.225. The van der Waals surface area contributed by atoms with Gasteiger partial charge in [0, 0.05) is 18.9 Å². The Hall–Kier alpha value is -1.61. The first-order valence-electron chi connectivity index (χ1n) is 7.92. The highest BCUT2D eigenvalue weighted by atomic mass is 16.6. The topological polar surface area (TPSA) is 38.3 Å². The first-order valence-corrected chi connectivity index (χ1v) is 7.92. The number of rotatable bonds is 6. The number of unbranched alkanes of at least 4 members (excludes halogenated alkanes) is 2. The van der Waals surface area contributed by atoms with Gasteiger partial charge in [0.2, 0.25) is 0 Å². The summed E-state index contributed by atoms with van der Waals surface area (Å²) in [5, 5.41) is 3.33. The fraction of sp³-hybridized carbons (Fsp3) is 0.500. The van der Waals surface area contributed by atoms with Gasteiger partial charge in [0.15, 0.2) is 0 Å². The zero-order valence-corrected chi connectivity index (χ0v) is 12.8. The summed E-state index contributed by atoms with van der Waals surface area (Å²) >= 11 is 0. The van der Waals surface area contributed by atoms with Crippen molar-refractivity contribution in [2.24, 2.45) is 0 Å². The minimum Gasteiger partial charge on any atom is -0.451 e. The van der Waals surface area contributed by atoms with Gasteiger partial charge in [-0.15, -0.1) is 0 Å².